The van der Waals surface area contributed by atoms with E-state index in [1.54, 1.807) is 0 Å². The Hall–Kier alpha value is -1.32. The normalized spacial score (nSPS) is 16.8. The molecule has 0 aromatic carbocycles. The van der Waals surface area contributed by atoms with E-state index in [4.69, 9.17) is 0 Å². The highest BCUT2D eigenvalue weighted by Gasteiger charge is 2.14. The lowest BCUT2D eigenvalue weighted by Gasteiger charge is -2.23. The van der Waals surface area contributed by atoms with Gasteiger partial charge in [-0.2, -0.15) is 0 Å². The molecule has 1 aliphatic rings. The number of nitrogens with zero attached hydrogens (tertiary/aromatic N) is 2. The number of aryl methyl sites for hydroxylation is 1. The molecule has 0 amide bonds. The molecule has 0 atom stereocenters. The Labute approximate surface area is 103 Å². The van der Waals surface area contributed by atoms with Gasteiger partial charge in [0.25, 0.3) is 0 Å². The van der Waals surface area contributed by atoms with Crippen molar-refractivity contribution in [1.29, 1.82) is 0 Å². The van der Waals surface area contributed by atoms with Crippen LogP contribution < -0.4 is 10.6 Å². The molecule has 0 unspecified atom stereocenters. The Morgan fingerprint density at radius 3 is 2.53 bits per heavy atom. The summed E-state index contributed by atoms with van der Waals surface area (Å²) < 4.78 is 0. The molecule has 2 N–H and O–H groups in total. The molecule has 1 heterocycles. The molecule has 0 saturated heterocycles. The van der Waals surface area contributed by atoms with Crippen molar-refractivity contribution in [2.75, 3.05) is 17.7 Å². The Morgan fingerprint density at radius 2 is 1.88 bits per heavy atom. The SMILES string of the molecule is CCc1nc(NC)cc(NC2CCCCC2)n1. The Balaban J connectivity index is 2.07. The predicted octanol–water partition coefficient (Wildman–Crippen LogP) is 2.83. The molecule has 1 saturated carbocycles. The molecular weight excluding hydrogens is 212 g/mol. The van der Waals surface area contributed by atoms with Gasteiger partial charge in [0.1, 0.15) is 17.5 Å². The summed E-state index contributed by atoms with van der Waals surface area (Å²) in [5.41, 5.74) is 0. The molecule has 1 aliphatic carbocycles. The van der Waals surface area contributed by atoms with Gasteiger partial charge in [-0.3, -0.25) is 0 Å². The number of hydrogen-bond acceptors (Lipinski definition) is 4. The lowest BCUT2D eigenvalue weighted by molar-refractivity contribution is 0.461. The highest BCUT2D eigenvalue weighted by molar-refractivity contribution is 5.47. The van der Waals surface area contributed by atoms with E-state index in [1.807, 2.05) is 13.1 Å². The average molecular weight is 234 g/mol. The maximum absolute atomic E-state index is 4.53. The second-order valence-electron chi connectivity index (χ2n) is 4.64. The summed E-state index contributed by atoms with van der Waals surface area (Å²) in [6.45, 7) is 2.08. The lowest BCUT2D eigenvalue weighted by Crippen LogP contribution is -2.23. The zero-order chi connectivity index (χ0) is 12.1. The molecule has 0 aliphatic heterocycles. The maximum atomic E-state index is 4.53. The van der Waals surface area contributed by atoms with Gasteiger partial charge in [0.2, 0.25) is 0 Å². The molecule has 0 bridgehead atoms. The average Bonchev–Trinajstić information content (AvgIpc) is 2.39. The van der Waals surface area contributed by atoms with Crippen LogP contribution in [0.2, 0.25) is 0 Å². The summed E-state index contributed by atoms with van der Waals surface area (Å²) in [6.07, 6.45) is 7.45. The summed E-state index contributed by atoms with van der Waals surface area (Å²) in [4.78, 5) is 8.93. The van der Waals surface area contributed by atoms with E-state index in [2.05, 4.69) is 27.5 Å². The number of nitrogens with one attached hydrogen (secondary N) is 2. The van der Waals surface area contributed by atoms with Crippen molar-refractivity contribution >= 4 is 11.6 Å². The molecule has 94 valence electrons. The fraction of sp³-hybridized carbons (Fsp3) is 0.692. The first-order valence-corrected chi connectivity index (χ1v) is 6.64. The van der Waals surface area contributed by atoms with Crippen molar-refractivity contribution in [2.45, 2.75) is 51.5 Å². The van der Waals surface area contributed by atoms with Crippen molar-refractivity contribution in [2.24, 2.45) is 0 Å². The van der Waals surface area contributed by atoms with E-state index < -0.39 is 0 Å². The molecule has 1 aromatic rings. The Bertz CT molecular complexity index is 336. The van der Waals surface area contributed by atoms with Crippen LogP contribution in [-0.4, -0.2) is 23.1 Å². The van der Waals surface area contributed by atoms with E-state index in [0.29, 0.717) is 6.04 Å². The third-order valence-corrected chi connectivity index (χ3v) is 3.30. The molecule has 1 fully saturated rings. The van der Waals surface area contributed by atoms with Crippen LogP contribution in [0.3, 0.4) is 0 Å². The molecule has 4 nitrogen and oxygen atoms in total. The van der Waals surface area contributed by atoms with Crippen molar-refractivity contribution in [1.82, 2.24) is 9.97 Å². The van der Waals surface area contributed by atoms with Crippen LogP contribution in [0.5, 0.6) is 0 Å². The zero-order valence-corrected chi connectivity index (χ0v) is 10.8. The van der Waals surface area contributed by atoms with Gasteiger partial charge in [-0.1, -0.05) is 26.2 Å². The van der Waals surface area contributed by atoms with E-state index in [-0.39, 0.29) is 0 Å². The molecule has 0 spiro atoms. The summed E-state index contributed by atoms with van der Waals surface area (Å²) >= 11 is 0. The van der Waals surface area contributed by atoms with Crippen molar-refractivity contribution in [3.05, 3.63) is 11.9 Å². The highest BCUT2D eigenvalue weighted by Crippen LogP contribution is 2.21. The van der Waals surface area contributed by atoms with Gasteiger partial charge in [0.05, 0.1) is 0 Å². The quantitative estimate of drug-likeness (QED) is 0.841. The van der Waals surface area contributed by atoms with Gasteiger partial charge in [0, 0.05) is 25.6 Å². The third kappa shape index (κ3) is 3.32. The first-order valence-electron chi connectivity index (χ1n) is 6.64. The van der Waals surface area contributed by atoms with E-state index >= 15 is 0 Å². The fourth-order valence-corrected chi connectivity index (χ4v) is 2.31. The van der Waals surface area contributed by atoms with Gasteiger partial charge in [-0.15, -0.1) is 0 Å². The standard InChI is InChI=1S/C13H22N4/c1-3-11-16-12(14-2)9-13(17-11)15-10-7-5-4-6-8-10/h9-10H,3-8H2,1-2H3,(H2,14,15,16,17). The van der Waals surface area contributed by atoms with Gasteiger partial charge in [-0.05, 0) is 12.8 Å². The smallest absolute Gasteiger partial charge is 0.132 e. The Kier molecular flexibility index (Phi) is 4.18. The molecule has 2 rings (SSSR count). The van der Waals surface area contributed by atoms with Crippen molar-refractivity contribution in [3.63, 3.8) is 0 Å². The molecular formula is C13H22N4. The molecule has 0 radical (unpaired) electrons. The summed E-state index contributed by atoms with van der Waals surface area (Å²) in [7, 11) is 1.90. The summed E-state index contributed by atoms with van der Waals surface area (Å²) in [5, 5.41) is 6.63. The predicted molar refractivity (Wildman–Crippen MR) is 71.5 cm³/mol. The number of hydrogen-bond donors (Lipinski definition) is 2. The summed E-state index contributed by atoms with van der Waals surface area (Å²) in [6, 6.07) is 2.58. The number of aromatic nitrogens is 2. The topological polar surface area (TPSA) is 49.8 Å². The van der Waals surface area contributed by atoms with Gasteiger partial charge >= 0.3 is 0 Å². The first-order chi connectivity index (χ1) is 8.31. The summed E-state index contributed by atoms with van der Waals surface area (Å²) in [5.74, 6) is 2.76. The van der Waals surface area contributed by atoms with Gasteiger partial charge in [0.15, 0.2) is 0 Å². The minimum Gasteiger partial charge on any atom is -0.373 e. The van der Waals surface area contributed by atoms with Gasteiger partial charge < -0.3 is 10.6 Å². The highest BCUT2D eigenvalue weighted by atomic mass is 15.1. The minimum absolute atomic E-state index is 0.591. The number of rotatable bonds is 4. The van der Waals surface area contributed by atoms with E-state index in [9.17, 15) is 0 Å². The van der Waals surface area contributed by atoms with E-state index in [0.717, 1.165) is 23.9 Å². The Morgan fingerprint density at radius 1 is 1.18 bits per heavy atom. The van der Waals surface area contributed by atoms with E-state index in [1.165, 1.54) is 32.1 Å². The van der Waals surface area contributed by atoms with Crippen LogP contribution in [0.25, 0.3) is 0 Å². The fourth-order valence-electron chi connectivity index (χ4n) is 2.31. The third-order valence-electron chi connectivity index (χ3n) is 3.30. The zero-order valence-electron chi connectivity index (χ0n) is 10.8. The second-order valence-corrected chi connectivity index (χ2v) is 4.64. The van der Waals surface area contributed by atoms with Crippen molar-refractivity contribution < 1.29 is 0 Å². The van der Waals surface area contributed by atoms with Crippen LogP contribution in [0, 0.1) is 0 Å². The van der Waals surface area contributed by atoms with Crippen LogP contribution in [0.4, 0.5) is 11.6 Å². The number of anilines is 2. The van der Waals surface area contributed by atoms with Crippen LogP contribution in [-0.2, 0) is 6.42 Å². The van der Waals surface area contributed by atoms with Crippen LogP contribution in [0.15, 0.2) is 6.07 Å². The maximum Gasteiger partial charge on any atom is 0.132 e. The van der Waals surface area contributed by atoms with Crippen LogP contribution >= 0.6 is 0 Å². The monoisotopic (exact) mass is 234 g/mol. The lowest BCUT2D eigenvalue weighted by atomic mass is 9.95. The first kappa shape index (κ1) is 12.1. The largest absolute Gasteiger partial charge is 0.373 e. The van der Waals surface area contributed by atoms with Gasteiger partial charge in [-0.25, -0.2) is 9.97 Å². The second kappa shape index (κ2) is 5.84. The van der Waals surface area contributed by atoms with Crippen molar-refractivity contribution in [3.8, 4) is 0 Å². The molecule has 1 aromatic heterocycles. The van der Waals surface area contributed by atoms with Crippen LogP contribution in [0.1, 0.15) is 44.9 Å². The minimum atomic E-state index is 0.591. The molecule has 17 heavy (non-hydrogen) atoms. The molecule has 4 heteroatoms.